The number of unbranched alkanes of at least 4 members (excludes halogenated alkanes) is 11. The molecule has 8 heteroatoms. The molecule has 2 unspecified atom stereocenters. The molecule has 0 N–H and O–H groups in total. The maximum Gasteiger partial charge on any atom is 0.306 e. The molecule has 0 spiro atoms. The van der Waals surface area contributed by atoms with E-state index in [4.69, 9.17) is 14.2 Å². The van der Waals surface area contributed by atoms with Crippen molar-refractivity contribution in [3.8, 4) is 0 Å². The second-order valence-electron chi connectivity index (χ2n) is 11.7. The highest BCUT2D eigenvalue weighted by Gasteiger charge is 2.25. The van der Waals surface area contributed by atoms with Gasteiger partial charge in [0, 0.05) is 19.3 Å². The molecule has 0 saturated heterocycles. The van der Waals surface area contributed by atoms with Crippen molar-refractivity contribution in [2.45, 2.75) is 135 Å². The van der Waals surface area contributed by atoms with Crippen LogP contribution >= 0.6 is 0 Å². The molecule has 8 nitrogen and oxygen atoms in total. The van der Waals surface area contributed by atoms with Gasteiger partial charge in [0.05, 0.1) is 40.3 Å². The maximum absolute atomic E-state index is 12.4. The summed E-state index contributed by atoms with van der Waals surface area (Å²) in [7, 11) is 5.36. The van der Waals surface area contributed by atoms with E-state index in [1.54, 1.807) is 21.1 Å². The maximum atomic E-state index is 12.4. The van der Waals surface area contributed by atoms with Gasteiger partial charge in [-0.2, -0.15) is 0 Å². The van der Waals surface area contributed by atoms with Crippen molar-refractivity contribution in [1.82, 2.24) is 0 Å². The van der Waals surface area contributed by atoms with Gasteiger partial charge in [0.2, 0.25) is 0 Å². The molecule has 40 heavy (non-hydrogen) atoms. The average Bonchev–Trinajstić information content (AvgIpc) is 2.89. The zero-order chi connectivity index (χ0) is 30.1. The van der Waals surface area contributed by atoms with E-state index in [1.165, 1.54) is 44.9 Å². The van der Waals surface area contributed by atoms with Crippen LogP contribution in [-0.4, -0.2) is 75.5 Å². The van der Waals surface area contributed by atoms with E-state index in [1.807, 2.05) is 6.92 Å². The summed E-state index contributed by atoms with van der Waals surface area (Å²) in [6.07, 6.45) is 20.5. The number of quaternary nitrogens is 1. The first-order chi connectivity index (χ1) is 19.1. The zero-order valence-electron chi connectivity index (χ0n) is 26.3. The summed E-state index contributed by atoms with van der Waals surface area (Å²) in [5, 5.41) is 11.4. The highest BCUT2D eigenvalue weighted by atomic mass is 16.6. The Bertz CT molecular complexity index is 687. The summed E-state index contributed by atoms with van der Waals surface area (Å²) < 4.78 is 16.7. The number of hydrogen-bond donors (Lipinski definition) is 0. The number of likely N-dealkylation sites (N-methyl/N-ethyl adjacent to an activating group) is 1. The molecule has 0 rings (SSSR count). The van der Waals surface area contributed by atoms with Crippen LogP contribution in [-0.2, 0) is 28.6 Å². The van der Waals surface area contributed by atoms with Crippen molar-refractivity contribution in [1.29, 1.82) is 0 Å². The minimum Gasteiger partial charge on any atom is -0.544 e. The van der Waals surface area contributed by atoms with Gasteiger partial charge in [0.15, 0.2) is 6.10 Å². The second-order valence-corrected chi connectivity index (χ2v) is 11.7. The second kappa shape index (κ2) is 24.8. The summed E-state index contributed by atoms with van der Waals surface area (Å²) in [5.74, 6) is -1.79. The number of esters is 2. The minimum atomic E-state index is -1.13. The van der Waals surface area contributed by atoms with E-state index < -0.39 is 18.1 Å². The number of carbonyl (C=O) groups is 3. The van der Waals surface area contributed by atoms with Crippen molar-refractivity contribution >= 4 is 17.9 Å². The third kappa shape index (κ3) is 22.8. The molecule has 0 bridgehead atoms. The fourth-order valence-electron chi connectivity index (χ4n) is 4.33. The van der Waals surface area contributed by atoms with Crippen molar-refractivity contribution in [2.75, 3.05) is 41.0 Å². The van der Waals surface area contributed by atoms with E-state index in [9.17, 15) is 19.5 Å². The molecule has 2 atom stereocenters. The molecule has 0 aliphatic heterocycles. The van der Waals surface area contributed by atoms with Crippen LogP contribution in [0.1, 0.15) is 123 Å². The largest absolute Gasteiger partial charge is 0.544 e. The lowest BCUT2D eigenvalue weighted by Gasteiger charge is -2.34. The van der Waals surface area contributed by atoms with E-state index in [2.05, 4.69) is 19.1 Å². The van der Waals surface area contributed by atoms with Gasteiger partial charge in [-0.15, -0.1) is 0 Å². The fourth-order valence-corrected chi connectivity index (χ4v) is 4.33. The first-order valence-corrected chi connectivity index (χ1v) is 15.7. The van der Waals surface area contributed by atoms with Crippen LogP contribution in [0.2, 0.25) is 0 Å². The number of carbonyl (C=O) groups excluding carboxylic acids is 3. The SMILES string of the molecule is CCCCCCC/C=C\CCCCCCCC(=O)OC(COCCC(C(=O)[O-])[N+](C)(C)C)COC(=O)CCCC. The summed E-state index contributed by atoms with van der Waals surface area (Å²) in [6.45, 7) is 4.37. The summed E-state index contributed by atoms with van der Waals surface area (Å²) in [6, 6.07) is -0.718. The standard InChI is InChI=1S/C32H59NO7/c1-6-8-10-11-12-13-14-15-16-17-18-19-20-21-23-31(35)40-28(27-39-30(34)22-9-7-2)26-38-25-24-29(32(36)37)33(3,4)5/h14-15,28-29H,6-13,16-27H2,1-5H3/b15-14-. The van der Waals surface area contributed by atoms with Crippen LogP contribution < -0.4 is 5.11 Å². The normalized spacial score (nSPS) is 13.3. The topological polar surface area (TPSA) is 102 Å². The lowest BCUT2D eigenvalue weighted by molar-refractivity contribution is -0.889. The number of rotatable bonds is 27. The van der Waals surface area contributed by atoms with E-state index in [-0.39, 0.29) is 42.7 Å². The van der Waals surface area contributed by atoms with Gasteiger partial charge in [-0.1, -0.05) is 77.4 Å². The molecule has 0 amide bonds. The quantitative estimate of drug-likeness (QED) is 0.0556. The van der Waals surface area contributed by atoms with Gasteiger partial charge in [-0.25, -0.2) is 0 Å². The van der Waals surface area contributed by atoms with E-state index in [0.29, 0.717) is 12.8 Å². The number of hydrogen-bond acceptors (Lipinski definition) is 7. The molecule has 0 aromatic heterocycles. The molecule has 0 heterocycles. The third-order valence-electron chi connectivity index (χ3n) is 6.90. The van der Waals surface area contributed by atoms with Crippen LogP contribution in [0.4, 0.5) is 0 Å². The Hall–Kier alpha value is -1.93. The van der Waals surface area contributed by atoms with Crippen LogP contribution in [0.5, 0.6) is 0 Å². The third-order valence-corrected chi connectivity index (χ3v) is 6.90. The molecule has 0 fully saturated rings. The number of carboxylic acids is 1. The van der Waals surface area contributed by atoms with Gasteiger partial charge in [-0.05, 0) is 38.5 Å². The molecule has 234 valence electrons. The predicted molar refractivity (Wildman–Crippen MR) is 157 cm³/mol. The Morgan fingerprint density at radius 3 is 1.85 bits per heavy atom. The summed E-state index contributed by atoms with van der Waals surface area (Å²) >= 11 is 0. The van der Waals surface area contributed by atoms with Gasteiger partial charge in [0.25, 0.3) is 0 Å². The fraction of sp³-hybridized carbons (Fsp3) is 0.844. The van der Waals surface area contributed by atoms with Crippen LogP contribution in [0, 0.1) is 0 Å². The molecule has 0 aromatic carbocycles. The zero-order valence-corrected chi connectivity index (χ0v) is 26.3. The number of ether oxygens (including phenoxy) is 3. The number of nitrogens with zero attached hydrogens (tertiary/aromatic N) is 1. The van der Waals surface area contributed by atoms with Crippen molar-refractivity contribution in [2.24, 2.45) is 0 Å². The van der Waals surface area contributed by atoms with Crippen LogP contribution in [0.25, 0.3) is 0 Å². The Balaban J connectivity index is 4.28. The van der Waals surface area contributed by atoms with Crippen LogP contribution in [0.15, 0.2) is 12.2 Å². The first-order valence-electron chi connectivity index (χ1n) is 15.7. The Labute approximate surface area is 244 Å². The highest BCUT2D eigenvalue weighted by molar-refractivity contribution is 5.70. The van der Waals surface area contributed by atoms with Gasteiger partial charge >= 0.3 is 11.9 Å². The number of carboxylic acid groups (broad SMARTS) is 1. The van der Waals surface area contributed by atoms with Crippen molar-refractivity contribution < 1.29 is 38.2 Å². The van der Waals surface area contributed by atoms with Gasteiger partial charge < -0.3 is 28.6 Å². The smallest absolute Gasteiger partial charge is 0.306 e. The van der Waals surface area contributed by atoms with Gasteiger partial charge in [-0.3, -0.25) is 9.59 Å². The predicted octanol–water partition coefficient (Wildman–Crippen LogP) is 5.51. The lowest BCUT2D eigenvalue weighted by Crippen LogP contribution is -2.55. The number of aliphatic carboxylic acids is 1. The van der Waals surface area contributed by atoms with Crippen LogP contribution in [0.3, 0.4) is 0 Å². The molecule has 0 aliphatic rings. The molecular formula is C32H59NO7. The Morgan fingerprint density at radius 2 is 1.27 bits per heavy atom. The molecule has 0 saturated carbocycles. The summed E-state index contributed by atoms with van der Waals surface area (Å²) in [4.78, 5) is 35.8. The molecule has 0 aromatic rings. The Morgan fingerprint density at radius 1 is 0.725 bits per heavy atom. The number of allylic oxidation sites excluding steroid dienone is 2. The average molecular weight is 570 g/mol. The minimum absolute atomic E-state index is 0.0377. The summed E-state index contributed by atoms with van der Waals surface area (Å²) in [5.41, 5.74) is 0. The van der Waals surface area contributed by atoms with E-state index in [0.717, 1.165) is 44.9 Å². The van der Waals surface area contributed by atoms with Gasteiger partial charge in [0.1, 0.15) is 12.6 Å². The monoisotopic (exact) mass is 569 g/mol. The first kappa shape index (κ1) is 38.1. The molecule has 0 aliphatic carbocycles. The Kier molecular flexibility index (Phi) is 23.6. The highest BCUT2D eigenvalue weighted by Crippen LogP contribution is 2.12. The molecule has 0 radical (unpaired) electrons. The molecular weight excluding hydrogens is 510 g/mol. The van der Waals surface area contributed by atoms with Crippen molar-refractivity contribution in [3.05, 3.63) is 12.2 Å². The van der Waals surface area contributed by atoms with E-state index >= 15 is 0 Å². The van der Waals surface area contributed by atoms with Crippen molar-refractivity contribution in [3.63, 3.8) is 0 Å². The lowest BCUT2D eigenvalue weighted by atomic mass is 10.1.